The molecule has 0 spiro atoms. The van der Waals surface area contributed by atoms with E-state index in [4.69, 9.17) is 9.47 Å². The van der Waals surface area contributed by atoms with Gasteiger partial charge in [-0.25, -0.2) is 9.59 Å². The summed E-state index contributed by atoms with van der Waals surface area (Å²) in [4.78, 5) is 69.9. The van der Waals surface area contributed by atoms with Crippen molar-refractivity contribution in [3.63, 3.8) is 0 Å². The first-order chi connectivity index (χ1) is 16.0. The van der Waals surface area contributed by atoms with Gasteiger partial charge in [0.2, 0.25) is 0 Å². The van der Waals surface area contributed by atoms with Crippen molar-refractivity contribution in [1.29, 1.82) is 0 Å². The summed E-state index contributed by atoms with van der Waals surface area (Å²) in [7, 11) is 0. The third-order valence-electron chi connectivity index (χ3n) is 4.43. The lowest BCUT2D eigenvalue weighted by molar-refractivity contribution is -0.142. The van der Waals surface area contributed by atoms with Gasteiger partial charge in [0, 0.05) is 26.9 Å². The molecule has 0 aliphatic heterocycles. The number of carbonyl (C=O) groups is 6. The molecule has 186 valence electrons. The van der Waals surface area contributed by atoms with Crippen LogP contribution < -0.4 is 10.6 Å². The minimum atomic E-state index is -1.53. The molecular formula is C22H28N2O10. The van der Waals surface area contributed by atoms with Gasteiger partial charge < -0.3 is 30.3 Å². The van der Waals surface area contributed by atoms with E-state index in [9.17, 15) is 39.0 Å². The molecule has 0 unspecified atom stereocenters. The lowest BCUT2D eigenvalue weighted by Crippen LogP contribution is -2.30. The second-order valence-corrected chi connectivity index (χ2v) is 7.16. The number of ether oxygens (including phenoxy) is 2. The number of unbranched alkanes of at least 4 members (excludes halogenated alkanes) is 2. The summed E-state index contributed by atoms with van der Waals surface area (Å²) in [6.07, 6.45) is 1.81. The van der Waals surface area contributed by atoms with Crippen LogP contribution in [0.2, 0.25) is 0 Å². The van der Waals surface area contributed by atoms with Crippen molar-refractivity contribution < 1.29 is 48.5 Å². The summed E-state index contributed by atoms with van der Waals surface area (Å²) in [5, 5.41) is 23.9. The Morgan fingerprint density at radius 3 is 1.32 bits per heavy atom. The Balaban J connectivity index is 2.92. The monoisotopic (exact) mass is 480 g/mol. The van der Waals surface area contributed by atoms with Crippen LogP contribution in [0.4, 0.5) is 0 Å². The number of hydrogen-bond donors (Lipinski definition) is 4. The first kappa shape index (κ1) is 28.1. The maximum absolute atomic E-state index is 12.6. The van der Waals surface area contributed by atoms with Crippen molar-refractivity contribution in [2.45, 2.75) is 39.5 Å². The highest BCUT2D eigenvalue weighted by Crippen LogP contribution is 2.19. The summed E-state index contributed by atoms with van der Waals surface area (Å²) in [6, 6.07) is 1.71. The van der Waals surface area contributed by atoms with E-state index >= 15 is 0 Å². The van der Waals surface area contributed by atoms with Crippen molar-refractivity contribution in [3.8, 4) is 0 Å². The van der Waals surface area contributed by atoms with Crippen LogP contribution in [0.1, 0.15) is 81.0 Å². The predicted molar refractivity (Wildman–Crippen MR) is 117 cm³/mol. The van der Waals surface area contributed by atoms with Crippen molar-refractivity contribution in [2.75, 3.05) is 26.3 Å². The minimum Gasteiger partial charge on any atom is -0.478 e. The number of esters is 2. The smallest absolute Gasteiger partial charge is 0.336 e. The number of amides is 2. The summed E-state index contributed by atoms with van der Waals surface area (Å²) < 4.78 is 9.55. The first-order valence-electron chi connectivity index (χ1n) is 10.5. The molecule has 0 radical (unpaired) electrons. The highest BCUT2D eigenvalue weighted by molar-refractivity contribution is 6.11. The van der Waals surface area contributed by atoms with Crippen LogP contribution in [0, 0.1) is 0 Å². The molecule has 0 bridgehead atoms. The van der Waals surface area contributed by atoms with Crippen LogP contribution in [0.25, 0.3) is 0 Å². The molecule has 0 saturated carbocycles. The number of aromatic carboxylic acids is 2. The summed E-state index contributed by atoms with van der Waals surface area (Å²) in [5.74, 6) is -5.50. The molecule has 0 heterocycles. The lowest BCUT2D eigenvalue weighted by Gasteiger charge is -2.13. The topological polar surface area (TPSA) is 185 Å². The van der Waals surface area contributed by atoms with Crippen molar-refractivity contribution >= 4 is 35.7 Å². The van der Waals surface area contributed by atoms with Gasteiger partial charge in [-0.05, 0) is 37.8 Å². The number of nitrogens with one attached hydrogen (secondary N) is 2. The maximum Gasteiger partial charge on any atom is 0.336 e. The van der Waals surface area contributed by atoms with E-state index in [0.29, 0.717) is 25.7 Å². The average molecular weight is 480 g/mol. The van der Waals surface area contributed by atoms with E-state index in [1.54, 1.807) is 0 Å². The first-order valence-corrected chi connectivity index (χ1v) is 10.5. The molecular weight excluding hydrogens is 452 g/mol. The van der Waals surface area contributed by atoms with Crippen LogP contribution in [0.3, 0.4) is 0 Å². The normalized spacial score (nSPS) is 10.2. The van der Waals surface area contributed by atoms with Crippen LogP contribution in [-0.2, 0) is 19.1 Å². The Morgan fingerprint density at radius 1 is 0.647 bits per heavy atom. The molecule has 1 rings (SSSR count). The number of hydrogen-bond acceptors (Lipinski definition) is 8. The quantitative estimate of drug-likeness (QED) is 0.223. The number of rotatable bonds is 14. The molecule has 0 atom stereocenters. The van der Waals surface area contributed by atoms with Crippen molar-refractivity contribution in [3.05, 3.63) is 34.4 Å². The van der Waals surface area contributed by atoms with E-state index in [1.165, 1.54) is 13.8 Å². The fraction of sp³-hybridized carbons (Fsp3) is 0.455. The van der Waals surface area contributed by atoms with Gasteiger partial charge in [0.25, 0.3) is 11.8 Å². The second kappa shape index (κ2) is 14.2. The Hall–Kier alpha value is -3.96. The second-order valence-electron chi connectivity index (χ2n) is 7.16. The van der Waals surface area contributed by atoms with Gasteiger partial charge in [0.05, 0.1) is 35.5 Å². The SMILES string of the molecule is CC(=O)OCCCCNC(=O)c1cc(C(=O)NCCCCOC(C)=O)c(C(=O)O)cc1C(=O)O. The summed E-state index contributed by atoms with van der Waals surface area (Å²) in [6.45, 7) is 3.17. The van der Waals surface area contributed by atoms with Crippen LogP contribution in [0.5, 0.6) is 0 Å². The molecule has 12 heteroatoms. The molecule has 0 saturated heterocycles. The summed E-state index contributed by atoms with van der Waals surface area (Å²) in [5.41, 5.74) is -1.85. The number of carbonyl (C=O) groups excluding carboxylic acids is 4. The minimum absolute atomic E-state index is 0.143. The molecule has 12 nitrogen and oxygen atoms in total. The zero-order valence-electron chi connectivity index (χ0n) is 19.0. The van der Waals surface area contributed by atoms with Gasteiger partial charge in [0.1, 0.15) is 0 Å². The zero-order valence-corrected chi connectivity index (χ0v) is 19.0. The van der Waals surface area contributed by atoms with Gasteiger partial charge >= 0.3 is 23.9 Å². The van der Waals surface area contributed by atoms with Gasteiger partial charge in [-0.15, -0.1) is 0 Å². The fourth-order valence-corrected chi connectivity index (χ4v) is 2.81. The van der Waals surface area contributed by atoms with Crippen LogP contribution in [0.15, 0.2) is 12.1 Å². The highest BCUT2D eigenvalue weighted by atomic mass is 16.5. The van der Waals surface area contributed by atoms with Gasteiger partial charge in [-0.3, -0.25) is 19.2 Å². The number of carboxylic acids is 2. The van der Waals surface area contributed by atoms with E-state index in [2.05, 4.69) is 10.6 Å². The molecule has 0 fully saturated rings. The van der Waals surface area contributed by atoms with E-state index < -0.39 is 46.8 Å². The van der Waals surface area contributed by atoms with Gasteiger partial charge in [-0.1, -0.05) is 0 Å². The van der Waals surface area contributed by atoms with E-state index in [-0.39, 0.29) is 37.4 Å². The van der Waals surface area contributed by atoms with Gasteiger partial charge in [-0.2, -0.15) is 0 Å². The Kier molecular flexibility index (Phi) is 11.8. The molecule has 4 N–H and O–H groups in total. The summed E-state index contributed by atoms with van der Waals surface area (Å²) >= 11 is 0. The predicted octanol–water partition coefficient (Wildman–Crippen LogP) is 1.23. The molecule has 34 heavy (non-hydrogen) atoms. The standard InChI is InChI=1S/C22H28N2O10/c1-13(25)33-9-5-3-7-23-19(27)15-11-16(18(22(31)32)12-17(15)21(29)30)20(28)24-8-4-6-10-34-14(2)26/h11-12H,3-10H2,1-2H3,(H,23,27)(H,24,28)(H,29,30)(H,31,32). The Bertz CT molecular complexity index is 871. The molecule has 1 aromatic rings. The number of benzene rings is 1. The zero-order chi connectivity index (χ0) is 25.7. The highest BCUT2D eigenvalue weighted by Gasteiger charge is 2.25. The van der Waals surface area contributed by atoms with Crippen molar-refractivity contribution in [1.82, 2.24) is 10.6 Å². The third-order valence-corrected chi connectivity index (χ3v) is 4.43. The molecule has 1 aromatic carbocycles. The van der Waals surface area contributed by atoms with E-state index in [0.717, 1.165) is 12.1 Å². The van der Waals surface area contributed by atoms with Crippen LogP contribution >= 0.6 is 0 Å². The number of carboxylic acid groups (broad SMARTS) is 2. The lowest BCUT2D eigenvalue weighted by atomic mass is 9.97. The maximum atomic E-state index is 12.6. The Morgan fingerprint density at radius 2 is 1.00 bits per heavy atom. The molecule has 0 aromatic heterocycles. The fourth-order valence-electron chi connectivity index (χ4n) is 2.81. The average Bonchev–Trinajstić information content (AvgIpc) is 2.76. The van der Waals surface area contributed by atoms with Crippen LogP contribution in [-0.4, -0.2) is 72.2 Å². The molecule has 0 aliphatic rings. The Labute approximate surface area is 195 Å². The third kappa shape index (κ3) is 9.67. The molecule has 2 amide bonds. The van der Waals surface area contributed by atoms with E-state index in [1.807, 2.05) is 0 Å². The largest absolute Gasteiger partial charge is 0.478 e. The van der Waals surface area contributed by atoms with Gasteiger partial charge in [0.15, 0.2) is 0 Å². The van der Waals surface area contributed by atoms with Crippen molar-refractivity contribution in [2.24, 2.45) is 0 Å². The molecule has 0 aliphatic carbocycles.